The van der Waals surface area contributed by atoms with Gasteiger partial charge in [-0.2, -0.15) is 13.2 Å². The molecule has 1 fully saturated rings. The van der Waals surface area contributed by atoms with Crippen LogP contribution in [0.25, 0.3) is 0 Å². The standard InChI is InChI=1S/C26H29N3O5S.C2HF3O2/c1-18-7-10-25(19(2)15-18)35(32,33)27-23-16-20(26(30)31)8-9-24(23)29-13-11-28(12-14-29)21-5-4-6-22(17-21)34-3;3-2(4,5)1(6)7/h4-10,15-17,27H,11-14H2,1-3H3,(H,30,31);(H,6,7). The molecule has 14 heteroatoms. The summed E-state index contributed by atoms with van der Waals surface area (Å²) in [5.74, 6) is -3.09. The van der Waals surface area contributed by atoms with Gasteiger partial charge in [-0.25, -0.2) is 18.0 Å². The number of carbonyl (C=O) groups is 2. The predicted octanol–water partition coefficient (Wildman–Crippen LogP) is 4.77. The van der Waals surface area contributed by atoms with E-state index < -0.39 is 28.1 Å². The number of aliphatic carboxylic acids is 1. The van der Waals surface area contributed by atoms with Crippen LogP contribution in [0, 0.1) is 13.8 Å². The van der Waals surface area contributed by atoms with Crippen LogP contribution < -0.4 is 19.3 Å². The summed E-state index contributed by atoms with van der Waals surface area (Å²) in [6, 6.07) is 17.5. The highest BCUT2D eigenvalue weighted by Crippen LogP contribution is 2.32. The quantitative estimate of drug-likeness (QED) is 0.346. The predicted molar refractivity (Wildman–Crippen MR) is 151 cm³/mol. The number of benzene rings is 3. The lowest BCUT2D eigenvalue weighted by atomic mass is 10.1. The van der Waals surface area contributed by atoms with E-state index in [1.165, 1.54) is 12.1 Å². The Morgan fingerprint density at radius 1 is 0.905 bits per heavy atom. The van der Waals surface area contributed by atoms with Crippen LogP contribution in [-0.4, -0.2) is 70.0 Å². The molecule has 0 spiro atoms. The van der Waals surface area contributed by atoms with Crippen molar-refractivity contribution in [1.29, 1.82) is 0 Å². The van der Waals surface area contributed by atoms with Crippen LogP contribution >= 0.6 is 0 Å². The van der Waals surface area contributed by atoms with Gasteiger partial charge in [0.25, 0.3) is 10.0 Å². The molecule has 4 rings (SSSR count). The number of aryl methyl sites for hydroxylation is 2. The zero-order chi connectivity index (χ0) is 31.2. The summed E-state index contributed by atoms with van der Waals surface area (Å²) in [6.07, 6.45) is -5.08. The second-order valence-corrected chi connectivity index (χ2v) is 11.0. The fourth-order valence-corrected chi connectivity index (χ4v) is 5.63. The van der Waals surface area contributed by atoms with E-state index in [9.17, 15) is 31.5 Å². The number of rotatable bonds is 7. The highest BCUT2D eigenvalue weighted by molar-refractivity contribution is 7.92. The van der Waals surface area contributed by atoms with Crippen molar-refractivity contribution in [3.8, 4) is 5.75 Å². The topological polar surface area (TPSA) is 136 Å². The van der Waals surface area contributed by atoms with Gasteiger partial charge in [0.05, 0.1) is 28.9 Å². The van der Waals surface area contributed by atoms with Crippen molar-refractivity contribution in [2.24, 2.45) is 0 Å². The third kappa shape index (κ3) is 8.06. The Bertz CT molecular complexity index is 1550. The Hall–Kier alpha value is -4.46. The maximum atomic E-state index is 13.3. The molecule has 10 nitrogen and oxygen atoms in total. The number of alkyl halides is 3. The Kier molecular flexibility index (Phi) is 9.94. The van der Waals surface area contributed by atoms with Crippen LogP contribution in [0.4, 0.5) is 30.2 Å². The van der Waals surface area contributed by atoms with Crippen molar-refractivity contribution >= 4 is 39.0 Å². The van der Waals surface area contributed by atoms with Gasteiger partial charge in [-0.1, -0.05) is 23.8 Å². The Morgan fingerprint density at radius 3 is 2.07 bits per heavy atom. The number of carboxylic acid groups (broad SMARTS) is 2. The van der Waals surface area contributed by atoms with E-state index >= 15 is 0 Å². The molecule has 42 heavy (non-hydrogen) atoms. The molecule has 226 valence electrons. The third-order valence-electron chi connectivity index (χ3n) is 6.39. The number of halogens is 3. The molecule has 0 atom stereocenters. The average molecular weight is 610 g/mol. The first-order valence-corrected chi connectivity index (χ1v) is 14.0. The van der Waals surface area contributed by atoms with E-state index in [0.29, 0.717) is 24.3 Å². The van der Waals surface area contributed by atoms with Crippen LogP contribution in [0.3, 0.4) is 0 Å². The molecular formula is C28H30F3N3O7S. The van der Waals surface area contributed by atoms with E-state index in [2.05, 4.69) is 14.5 Å². The van der Waals surface area contributed by atoms with Crippen molar-refractivity contribution in [3.63, 3.8) is 0 Å². The maximum Gasteiger partial charge on any atom is 0.490 e. The molecule has 0 aromatic heterocycles. The number of nitrogens with one attached hydrogen (secondary N) is 1. The molecule has 1 saturated heterocycles. The van der Waals surface area contributed by atoms with Gasteiger partial charge in [0, 0.05) is 37.9 Å². The molecule has 1 aliphatic heterocycles. The molecular weight excluding hydrogens is 579 g/mol. The first kappa shape index (κ1) is 32.1. The summed E-state index contributed by atoms with van der Waals surface area (Å²) in [5, 5.41) is 16.6. The van der Waals surface area contributed by atoms with Crippen molar-refractivity contribution < 1.29 is 46.1 Å². The molecule has 3 aromatic rings. The summed E-state index contributed by atoms with van der Waals surface area (Å²) >= 11 is 0. The van der Waals surface area contributed by atoms with Crippen LogP contribution in [0.5, 0.6) is 5.75 Å². The molecule has 0 aliphatic carbocycles. The maximum absolute atomic E-state index is 13.3. The Balaban J connectivity index is 0.000000616. The second-order valence-electron chi connectivity index (χ2n) is 9.39. The number of sulfonamides is 1. The summed E-state index contributed by atoms with van der Waals surface area (Å²) in [7, 11) is -2.28. The molecule has 0 radical (unpaired) electrons. The minimum absolute atomic E-state index is 0.0158. The van der Waals surface area contributed by atoms with Crippen LogP contribution in [0.1, 0.15) is 21.5 Å². The van der Waals surface area contributed by atoms with Gasteiger partial charge in [-0.3, -0.25) is 4.72 Å². The summed E-state index contributed by atoms with van der Waals surface area (Å²) in [6.45, 7) is 6.36. The summed E-state index contributed by atoms with van der Waals surface area (Å²) in [4.78, 5) is 25.0. The van der Waals surface area contributed by atoms with Gasteiger partial charge in [0.2, 0.25) is 0 Å². The zero-order valence-corrected chi connectivity index (χ0v) is 23.8. The first-order valence-electron chi connectivity index (χ1n) is 12.5. The molecule has 3 N–H and O–H groups in total. The van der Waals surface area contributed by atoms with Crippen molar-refractivity contribution in [2.45, 2.75) is 24.9 Å². The average Bonchev–Trinajstić information content (AvgIpc) is 2.92. The zero-order valence-electron chi connectivity index (χ0n) is 23.0. The van der Waals surface area contributed by atoms with Gasteiger partial charge in [-0.05, 0) is 55.8 Å². The van der Waals surface area contributed by atoms with E-state index in [4.69, 9.17) is 14.6 Å². The summed E-state index contributed by atoms with van der Waals surface area (Å²) in [5.41, 5.74) is 3.56. The van der Waals surface area contributed by atoms with E-state index in [0.717, 1.165) is 30.1 Å². The number of hydrogen-bond donors (Lipinski definition) is 3. The fourth-order valence-electron chi connectivity index (χ4n) is 4.34. The SMILES string of the molecule is COc1cccc(N2CCN(c3ccc(C(=O)O)cc3NS(=O)(=O)c3ccc(C)cc3C)CC2)c1.O=C(O)C(F)(F)F. The minimum Gasteiger partial charge on any atom is -0.497 e. The largest absolute Gasteiger partial charge is 0.497 e. The molecule has 1 aliphatic rings. The van der Waals surface area contributed by atoms with Crippen molar-refractivity contribution in [3.05, 3.63) is 77.4 Å². The summed E-state index contributed by atoms with van der Waals surface area (Å²) < 4.78 is 66.2. The lowest BCUT2D eigenvalue weighted by Gasteiger charge is -2.38. The molecule has 0 saturated carbocycles. The van der Waals surface area contributed by atoms with Gasteiger partial charge < -0.3 is 24.7 Å². The number of anilines is 3. The third-order valence-corrected chi connectivity index (χ3v) is 7.91. The molecule has 0 unspecified atom stereocenters. The second kappa shape index (κ2) is 13.0. The number of piperazine rings is 1. The minimum atomic E-state index is -5.08. The van der Waals surface area contributed by atoms with Crippen LogP contribution in [-0.2, 0) is 14.8 Å². The number of hydrogen-bond acceptors (Lipinski definition) is 7. The fraction of sp³-hybridized carbons (Fsp3) is 0.286. The van der Waals surface area contributed by atoms with E-state index in [1.807, 2.05) is 31.2 Å². The number of ether oxygens (including phenoxy) is 1. The number of carboxylic acids is 2. The van der Waals surface area contributed by atoms with E-state index in [1.54, 1.807) is 38.3 Å². The lowest BCUT2D eigenvalue weighted by Crippen LogP contribution is -2.46. The smallest absolute Gasteiger partial charge is 0.490 e. The van der Waals surface area contributed by atoms with Gasteiger partial charge >= 0.3 is 18.1 Å². The van der Waals surface area contributed by atoms with Gasteiger partial charge in [0.1, 0.15) is 5.75 Å². The Labute approximate surface area is 241 Å². The number of methoxy groups -OCH3 is 1. The molecule has 0 amide bonds. The highest BCUT2D eigenvalue weighted by atomic mass is 32.2. The first-order chi connectivity index (χ1) is 19.6. The number of nitrogens with zero attached hydrogens (tertiary/aromatic N) is 2. The lowest BCUT2D eigenvalue weighted by molar-refractivity contribution is -0.192. The Morgan fingerprint density at radius 2 is 1.52 bits per heavy atom. The van der Waals surface area contributed by atoms with E-state index in [-0.39, 0.29) is 16.1 Å². The molecule has 0 bridgehead atoms. The molecule has 3 aromatic carbocycles. The number of aromatic carboxylic acids is 1. The van der Waals surface area contributed by atoms with Gasteiger partial charge in [-0.15, -0.1) is 0 Å². The highest BCUT2D eigenvalue weighted by Gasteiger charge is 2.38. The van der Waals surface area contributed by atoms with Crippen LogP contribution in [0.2, 0.25) is 0 Å². The van der Waals surface area contributed by atoms with Crippen molar-refractivity contribution in [2.75, 3.05) is 47.8 Å². The van der Waals surface area contributed by atoms with Crippen LogP contribution in [0.15, 0.2) is 65.6 Å². The monoisotopic (exact) mass is 609 g/mol. The van der Waals surface area contributed by atoms with Crippen molar-refractivity contribution in [1.82, 2.24) is 0 Å². The normalized spacial score (nSPS) is 13.6. The molecule has 1 heterocycles. The van der Waals surface area contributed by atoms with Gasteiger partial charge in [0.15, 0.2) is 0 Å².